The van der Waals surface area contributed by atoms with E-state index in [1.165, 1.54) is 0 Å². The molecule has 0 aliphatic carbocycles. The minimum atomic E-state index is -4.76. The summed E-state index contributed by atoms with van der Waals surface area (Å²) in [5, 5.41) is 0. The molecule has 3 nitrogen and oxygen atoms in total. The molecule has 1 heterocycles. The minimum absolute atomic E-state index is 0.123. The van der Waals surface area contributed by atoms with Gasteiger partial charge in [0.25, 0.3) is 11.7 Å². The van der Waals surface area contributed by atoms with Crippen LogP contribution in [0.1, 0.15) is 15.9 Å². The molecule has 0 aromatic heterocycles. The zero-order valence-electron chi connectivity index (χ0n) is 9.47. The molecule has 1 aromatic rings. The Labute approximate surface area is 107 Å². The Hall–Kier alpha value is -2.06. The third-order valence-corrected chi connectivity index (χ3v) is 2.64. The third-order valence-electron chi connectivity index (χ3n) is 2.64. The molecule has 9 heteroatoms. The fraction of sp³-hybridized carbons (Fsp3) is 0.273. The SMILES string of the molecule is O=C1C(=O)N(CC(F)(F)F)c2ccc(C(F)(F)F)cc21. The van der Waals surface area contributed by atoms with Crippen LogP contribution >= 0.6 is 0 Å². The average molecular weight is 297 g/mol. The first-order valence-electron chi connectivity index (χ1n) is 5.15. The van der Waals surface area contributed by atoms with Gasteiger partial charge < -0.3 is 0 Å². The van der Waals surface area contributed by atoms with Crippen molar-refractivity contribution in [3.05, 3.63) is 29.3 Å². The molecule has 2 rings (SSSR count). The van der Waals surface area contributed by atoms with Crippen LogP contribution in [-0.2, 0) is 11.0 Å². The Kier molecular flexibility index (Phi) is 3.03. The van der Waals surface area contributed by atoms with Crippen LogP contribution < -0.4 is 4.90 Å². The van der Waals surface area contributed by atoms with E-state index in [-0.39, 0.29) is 4.90 Å². The van der Waals surface area contributed by atoms with E-state index >= 15 is 0 Å². The number of halogens is 6. The zero-order valence-corrected chi connectivity index (χ0v) is 9.47. The number of amides is 1. The van der Waals surface area contributed by atoms with Gasteiger partial charge in [-0.2, -0.15) is 26.3 Å². The molecule has 0 bridgehead atoms. The smallest absolute Gasteiger partial charge is 0.296 e. The van der Waals surface area contributed by atoms with Crippen molar-refractivity contribution in [2.75, 3.05) is 11.4 Å². The lowest BCUT2D eigenvalue weighted by Gasteiger charge is -2.18. The van der Waals surface area contributed by atoms with Crippen molar-refractivity contribution >= 4 is 17.4 Å². The fourth-order valence-corrected chi connectivity index (χ4v) is 1.81. The fourth-order valence-electron chi connectivity index (χ4n) is 1.81. The number of carbonyl (C=O) groups excluding carboxylic acids is 2. The molecule has 1 aromatic carbocycles. The molecule has 0 saturated carbocycles. The second kappa shape index (κ2) is 4.22. The Morgan fingerprint density at radius 3 is 2.10 bits per heavy atom. The molecule has 1 aliphatic heterocycles. The highest BCUT2D eigenvalue weighted by Gasteiger charge is 2.43. The van der Waals surface area contributed by atoms with Gasteiger partial charge >= 0.3 is 12.4 Å². The van der Waals surface area contributed by atoms with E-state index in [0.29, 0.717) is 18.2 Å². The summed E-state index contributed by atoms with van der Waals surface area (Å²) in [6.45, 7) is -1.73. The number of nitrogens with zero attached hydrogens (tertiary/aromatic N) is 1. The van der Waals surface area contributed by atoms with Gasteiger partial charge in [0, 0.05) is 0 Å². The number of ketones is 1. The van der Waals surface area contributed by atoms with Gasteiger partial charge in [0.05, 0.1) is 16.8 Å². The molecule has 0 radical (unpaired) electrons. The van der Waals surface area contributed by atoms with E-state index in [4.69, 9.17) is 0 Å². The zero-order chi connectivity index (χ0) is 15.3. The summed E-state index contributed by atoms with van der Waals surface area (Å²) in [5.41, 5.74) is -2.34. The van der Waals surface area contributed by atoms with Crippen molar-refractivity contribution in [2.24, 2.45) is 0 Å². The van der Waals surface area contributed by atoms with Crippen molar-refractivity contribution < 1.29 is 35.9 Å². The van der Waals surface area contributed by atoms with Gasteiger partial charge in [-0.05, 0) is 18.2 Å². The van der Waals surface area contributed by atoms with Crippen molar-refractivity contribution in [1.82, 2.24) is 0 Å². The number of hydrogen-bond acceptors (Lipinski definition) is 2. The van der Waals surface area contributed by atoms with Crippen LogP contribution in [0.4, 0.5) is 32.0 Å². The molecule has 20 heavy (non-hydrogen) atoms. The van der Waals surface area contributed by atoms with E-state index in [1.807, 2.05) is 0 Å². The summed E-state index contributed by atoms with van der Waals surface area (Å²) in [6, 6.07) is 1.59. The highest BCUT2D eigenvalue weighted by molar-refractivity contribution is 6.52. The third kappa shape index (κ3) is 2.47. The summed E-state index contributed by atoms with van der Waals surface area (Å²) in [4.78, 5) is 23.0. The number of rotatable bonds is 1. The second-order valence-electron chi connectivity index (χ2n) is 4.07. The first kappa shape index (κ1) is 14.4. The van der Waals surface area contributed by atoms with Gasteiger partial charge in [0.2, 0.25) is 0 Å². The Morgan fingerprint density at radius 2 is 1.60 bits per heavy atom. The van der Waals surface area contributed by atoms with Gasteiger partial charge in [0.1, 0.15) is 6.54 Å². The van der Waals surface area contributed by atoms with Gasteiger partial charge in [-0.15, -0.1) is 0 Å². The van der Waals surface area contributed by atoms with Crippen LogP contribution in [0, 0.1) is 0 Å². The lowest BCUT2D eigenvalue weighted by Crippen LogP contribution is -2.38. The highest BCUT2D eigenvalue weighted by atomic mass is 19.4. The number of Topliss-reactive ketones (excluding diaryl/α,β-unsaturated/α-hetero) is 1. The summed E-state index contributed by atoms with van der Waals surface area (Å²) < 4.78 is 74.2. The minimum Gasteiger partial charge on any atom is -0.296 e. The molecule has 0 unspecified atom stereocenters. The van der Waals surface area contributed by atoms with Gasteiger partial charge in [-0.25, -0.2) is 0 Å². The first-order valence-corrected chi connectivity index (χ1v) is 5.15. The number of alkyl halides is 6. The molecule has 1 aliphatic rings. The van der Waals surface area contributed by atoms with Crippen molar-refractivity contribution in [1.29, 1.82) is 0 Å². The van der Waals surface area contributed by atoms with Gasteiger partial charge in [-0.1, -0.05) is 0 Å². The quantitative estimate of drug-likeness (QED) is 0.590. The van der Waals surface area contributed by atoms with E-state index in [0.717, 1.165) is 0 Å². The summed E-state index contributed by atoms with van der Waals surface area (Å²) >= 11 is 0. The molecular weight excluding hydrogens is 292 g/mol. The van der Waals surface area contributed by atoms with Crippen LogP contribution in [0.15, 0.2) is 18.2 Å². The molecule has 1 amide bonds. The van der Waals surface area contributed by atoms with Crippen molar-refractivity contribution in [3.63, 3.8) is 0 Å². The average Bonchev–Trinajstić information content (AvgIpc) is 2.51. The first-order chi connectivity index (χ1) is 9.00. The van der Waals surface area contributed by atoms with Crippen LogP contribution in [0.5, 0.6) is 0 Å². The number of carbonyl (C=O) groups is 2. The normalized spacial score (nSPS) is 15.8. The van der Waals surface area contributed by atoms with Gasteiger partial charge in [0.15, 0.2) is 0 Å². The molecule has 0 fully saturated rings. The molecular formula is C11H5F6NO2. The summed E-state index contributed by atoms with van der Waals surface area (Å²) in [6.07, 6.45) is -9.52. The van der Waals surface area contributed by atoms with Crippen LogP contribution in [0.25, 0.3) is 0 Å². The van der Waals surface area contributed by atoms with Crippen molar-refractivity contribution in [2.45, 2.75) is 12.4 Å². The van der Waals surface area contributed by atoms with E-state index in [9.17, 15) is 35.9 Å². The monoisotopic (exact) mass is 297 g/mol. The molecule has 0 spiro atoms. The van der Waals surface area contributed by atoms with E-state index < -0.39 is 47.4 Å². The number of anilines is 1. The number of hydrogen-bond donors (Lipinski definition) is 0. The summed E-state index contributed by atoms with van der Waals surface area (Å²) in [5.74, 6) is -2.87. The van der Waals surface area contributed by atoms with E-state index in [2.05, 4.69) is 0 Å². The molecule has 0 N–H and O–H groups in total. The van der Waals surface area contributed by atoms with Crippen LogP contribution in [-0.4, -0.2) is 24.4 Å². The predicted molar refractivity (Wildman–Crippen MR) is 54.2 cm³/mol. The Bertz CT molecular complexity index is 590. The van der Waals surface area contributed by atoms with E-state index in [1.54, 1.807) is 0 Å². The predicted octanol–water partition coefficient (Wildman–Crippen LogP) is 2.80. The Morgan fingerprint density at radius 1 is 1.00 bits per heavy atom. The topological polar surface area (TPSA) is 37.4 Å². The maximum absolute atomic E-state index is 12.5. The lowest BCUT2D eigenvalue weighted by molar-refractivity contribution is -0.137. The molecule has 0 atom stereocenters. The van der Waals surface area contributed by atoms with Crippen molar-refractivity contribution in [3.8, 4) is 0 Å². The standard InChI is InChI=1S/C11H5F6NO2/c12-10(13,14)4-18-7-2-1-5(11(15,16)17)3-6(7)8(19)9(18)20/h1-3H,4H2. The number of benzene rings is 1. The largest absolute Gasteiger partial charge is 0.416 e. The summed E-state index contributed by atoms with van der Waals surface area (Å²) in [7, 11) is 0. The molecule has 108 valence electrons. The maximum Gasteiger partial charge on any atom is 0.416 e. The lowest BCUT2D eigenvalue weighted by atomic mass is 10.1. The van der Waals surface area contributed by atoms with Crippen LogP contribution in [0.3, 0.4) is 0 Å². The highest BCUT2D eigenvalue weighted by Crippen LogP contribution is 2.37. The van der Waals surface area contributed by atoms with Gasteiger partial charge in [-0.3, -0.25) is 14.5 Å². The maximum atomic E-state index is 12.5. The second-order valence-corrected chi connectivity index (χ2v) is 4.07. The van der Waals surface area contributed by atoms with Crippen LogP contribution in [0.2, 0.25) is 0 Å². The Balaban J connectivity index is 2.47. The number of fused-ring (bicyclic) bond motifs is 1. The molecule has 0 saturated heterocycles.